The van der Waals surface area contributed by atoms with Gasteiger partial charge in [0.2, 0.25) is 6.86 Å². The van der Waals surface area contributed by atoms with E-state index in [1.54, 1.807) is 18.2 Å². The first-order valence-electron chi connectivity index (χ1n) is 12.7. The number of aromatic nitrogens is 1. The van der Waals surface area contributed by atoms with Gasteiger partial charge < -0.3 is 19.3 Å². The number of pyridine rings is 1. The average Bonchev–Trinajstić information content (AvgIpc) is 3.78. The first-order valence-corrected chi connectivity index (χ1v) is 12.7. The highest BCUT2D eigenvalue weighted by Gasteiger charge is 2.25. The molecule has 9 heteroatoms. The predicted molar refractivity (Wildman–Crippen MR) is 144 cm³/mol. The Balaban J connectivity index is 1.34. The number of hydrogen-bond donors (Lipinski definition) is 1. The smallest absolute Gasteiger partial charge is 0.339 e. The van der Waals surface area contributed by atoms with E-state index in [0.717, 1.165) is 36.1 Å². The van der Waals surface area contributed by atoms with Crippen molar-refractivity contribution in [2.75, 3.05) is 20.1 Å². The van der Waals surface area contributed by atoms with Crippen molar-refractivity contribution in [3.8, 4) is 11.5 Å². The maximum Gasteiger partial charge on any atom is 0.339 e. The Bertz CT molecular complexity index is 1550. The van der Waals surface area contributed by atoms with Crippen LogP contribution >= 0.6 is 0 Å². The zero-order valence-corrected chi connectivity index (χ0v) is 21.4. The minimum absolute atomic E-state index is 0.0534. The summed E-state index contributed by atoms with van der Waals surface area (Å²) in [6.07, 6.45) is 5.35. The van der Waals surface area contributed by atoms with Gasteiger partial charge in [-0.1, -0.05) is 30.3 Å². The molecule has 206 valence electrons. The van der Waals surface area contributed by atoms with E-state index in [-0.39, 0.29) is 23.7 Å². The zero-order chi connectivity index (χ0) is 28.1. The van der Waals surface area contributed by atoms with Crippen LogP contribution in [0.5, 0.6) is 11.5 Å². The summed E-state index contributed by atoms with van der Waals surface area (Å²) in [5.41, 5.74) is 2.47. The number of carbonyl (C=O) groups is 1. The van der Waals surface area contributed by atoms with Gasteiger partial charge in [-0.15, -0.1) is 0 Å². The Morgan fingerprint density at radius 3 is 2.60 bits per heavy atom. The van der Waals surface area contributed by atoms with Crippen molar-refractivity contribution >= 4 is 29.0 Å². The lowest BCUT2D eigenvalue weighted by Crippen LogP contribution is -2.16. The number of fused-ring (bicyclic) bond motifs is 1. The van der Waals surface area contributed by atoms with Gasteiger partial charge in [-0.25, -0.2) is 22.9 Å². The largest absolute Gasteiger partial charge is 0.490 e. The molecule has 0 bridgehead atoms. The first kappa shape index (κ1) is 27.2. The fraction of sp³-hybridized carbons (Fsp3) is 0.226. The predicted octanol–water partition coefficient (Wildman–Crippen LogP) is 7.23. The van der Waals surface area contributed by atoms with E-state index in [1.165, 1.54) is 18.2 Å². The summed E-state index contributed by atoms with van der Waals surface area (Å²) in [5.74, 6) is -2.39. The average molecular weight is 550 g/mol. The normalized spacial score (nSPS) is 14.0. The fourth-order valence-electron chi connectivity index (χ4n) is 4.17. The molecule has 1 atom stereocenters. The van der Waals surface area contributed by atoms with Crippen LogP contribution in [0.2, 0.25) is 0 Å². The van der Waals surface area contributed by atoms with Crippen molar-refractivity contribution in [2.24, 2.45) is 5.92 Å². The van der Waals surface area contributed by atoms with E-state index in [4.69, 9.17) is 14.2 Å². The van der Waals surface area contributed by atoms with Gasteiger partial charge in [0.25, 0.3) is 0 Å². The van der Waals surface area contributed by atoms with Crippen molar-refractivity contribution in [1.82, 2.24) is 4.98 Å². The molecule has 1 N–H and O–H groups in total. The molecule has 1 saturated carbocycles. The number of nitrogens with zero attached hydrogens (tertiary/aromatic N) is 1. The Morgan fingerprint density at radius 2 is 1.82 bits per heavy atom. The molecule has 0 amide bonds. The molecule has 0 saturated heterocycles. The Kier molecular flexibility index (Phi) is 8.31. The number of carboxylic acid groups (broad SMARTS) is 1. The number of halogens is 3. The third-order valence-electron chi connectivity index (χ3n) is 6.50. The summed E-state index contributed by atoms with van der Waals surface area (Å²) >= 11 is 0. The molecule has 1 heterocycles. The molecule has 3 aromatic carbocycles. The number of ether oxygens (including phenoxy) is 3. The SMILES string of the molecule is O=C(O)c1cc(OCF)ccc1OCC(OCC1CC1)c1cccc(/C=C/c2ccc3cc(F)c(F)cc3n2)c1. The van der Waals surface area contributed by atoms with Crippen LogP contribution in [0.3, 0.4) is 0 Å². The third-order valence-corrected chi connectivity index (χ3v) is 6.50. The Morgan fingerprint density at radius 1 is 1.00 bits per heavy atom. The first-order chi connectivity index (χ1) is 19.4. The second-order valence-electron chi connectivity index (χ2n) is 9.49. The van der Waals surface area contributed by atoms with Gasteiger partial charge in [-0.2, -0.15) is 0 Å². The Labute approximate surface area is 228 Å². The van der Waals surface area contributed by atoms with E-state index in [9.17, 15) is 23.1 Å². The van der Waals surface area contributed by atoms with Gasteiger partial charge >= 0.3 is 5.97 Å². The van der Waals surface area contributed by atoms with Crippen LogP contribution in [-0.4, -0.2) is 36.1 Å². The number of aromatic carboxylic acids is 1. The molecular weight excluding hydrogens is 523 g/mol. The summed E-state index contributed by atoms with van der Waals surface area (Å²) in [4.78, 5) is 16.1. The van der Waals surface area contributed by atoms with Crippen LogP contribution in [0, 0.1) is 17.6 Å². The van der Waals surface area contributed by atoms with Crippen LogP contribution in [0.15, 0.2) is 66.7 Å². The van der Waals surface area contributed by atoms with Crippen molar-refractivity contribution < 1.29 is 37.3 Å². The minimum Gasteiger partial charge on any atom is -0.490 e. The molecule has 0 spiro atoms. The fourth-order valence-corrected chi connectivity index (χ4v) is 4.17. The second-order valence-corrected chi connectivity index (χ2v) is 9.49. The molecular formula is C31H26F3NO5. The van der Waals surface area contributed by atoms with Crippen molar-refractivity contribution in [3.63, 3.8) is 0 Å². The van der Waals surface area contributed by atoms with E-state index in [0.29, 0.717) is 29.1 Å². The summed E-state index contributed by atoms with van der Waals surface area (Å²) in [6.45, 7) is -0.463. The van der Waals surface area contributed by atoms with Crippen LogP contribution in [0.4, 0.5) is 13.2 Å². The van der Waals surface area contributed by atoms with E-state index < -0.39 is 30.6 Å². The highest BCUT2D eigenvalue weighted by atomic mass is 19.2. The molecule has 40 heavy (non-hydrogen) atoms. The van der Waals surface area contributed by atoms with Gasteiger partial charge in [0, 0.05) is 11.5 Å². The standard InChI is InChI=1S/C31H26F3NO5/c32-18-40-24-10-11-29(25(14-24)31(36)37)39-17-30(38-16-20-4-5-20)22-3-1-2-19(12-22)6-8-23-9-7-21-13-26(33)27(34)15-28(21)35-23/h1-3,6-15,20,30H,4-5,16-18H2,(H,36,37)/b8-6+. The summed E-state index contributed by atoms with van der Waals surface area (Å²) in [5, 5.41) is 10.1. The van der Waals surface area contributed by atoms with Crippen LogP contribution in [0.1, 0.15) is 46.1 Å². The zero-order valence-electron chi connectivity index (χ0n) is 21.4. The summed E-state index contributed by atoms with van der Waals surface area (Å²) in [7, 11) is 0. The lowest BCUT2D eigenvalue weighted by molar-refractivity contribution is 0.0128. The quantitative estimate of drug-likeness (QED) is 0.201. The van der Waals surface area contributed by atoms with Crippen molar-refractivity contribution in [2.45, 2.75) is 18.9 Å². The molecule has 0 radical (unpaired) electrons. The molecule has 1 aliphatic rings. The monoisotopic (exact) mass is 549 g/mol. The van der Waals surface area contributed by atoms with E-state index in [1.807, 2.05) is 30.3 Å². The van der Waals surface area contributed by atoms with E-state index in [2.05, 4.69) is 4.98 Å². The summed E-state index contributed by atoms with van der Waals surface area (Å²) < 4.78 is 56.5. The number of benzene rings is 3. The second kappa shape index (κ2) is 12.2. The van der Waals surface area contributed by atoms with Crippen LogP contribution in [0.25, 0.3) is 23.1 Å². The lowest BCUT2D eigenvalue weighted by atomic mass is 10.1. The van der Waals surface area contributed by atoms with Crippen molar-refractivity contribution in [3.05, 3.63) is 101 Å². The molecule has 4 aromatic rings. The lowest BCUT2D eigenvalue weighted by Gasteiger charge is -2.20. The molecule has 1 fully saturated rings. The number of alkyl halides is 1. The topological polar surface area (TPSA) is 77.9 Å². The van der Waals surface area contributed by atoms with Crippen molar-refractivity contribution in [1.29, 1.82) is 0 Å². The van der Waals surface area contributed by atoms with Gasteiger partial charge in [-0.3, -0.25) is 0 Å². The number of rotatable bonds is 12. The molecule has 0 aliphatic heterocycles. The minimum atomic E-state index is -1.22. The third kappa shape index (κ3) is 6.79. The number of carboxylic acids is 1. The maximum absolute atomic E-state index is 13.6. The molecule has 5 rings (SSSR count). The van der Waals surface area contributed by atoms with Crippen LogP contribution < -0.4 is 9.47 Å². The molecule has 1 unspecified atom stereocenters. The van der Waals surface area contributed by atoms with Gasteiger partial charge in [0.15, 0.2) is 11.6 Å². The van der Waals surface area contributed by atoms with E-state index >= 15 is 0 Å². The highest BCUT2D eigenvalue weighted by molar-refractivity contribution is 5.91. The van der Waals surface area contributed by atoms with Gasteiger partial charge in [0.1, 0.15) is 29.8 Å². The maximum atomic E-state index is 13.6. The molecule has 1 aromatic heterocycles. The van der Waals surface area contributed by atoms with Gasteiger partial charge in [0.05, 0.1) is 17.8 Å². The number of hydrogen-bond acceptors (Lipinski definition) is 5. The molecule has 1 aliphatic carbocycles. The Hall–Kier alpha value is -4.37. The van der Waals surface area contributed by atoms with Gasteiger partial charge in [-0.05, 0) is 72.4 Å². The highest BCUT2D eigenvalue weighted by Crippen LogP contribution is 2.32. The van der Waals surface area contributed by atoms with Crippen LogP contribution in [-0.2, 0) is 4.74 Å². The summed E-state index contributed by atoms with van der Waals surface area (Å²) in [6, 6.07) is 17.3. The molecule has 6 nitrogen and oxygen atoms in total.